The molecular formula is C19H18N2O4S. The van der Waals surface area contributed by atoms with Crippen LogP contribution >= 0.6 is 11.7 Å². The smallest absolute Gasteiger partial charge is 0.337 e. The van der Waals surface area contributed by atoms with E-state index in [1.807, 2.05) is 24.3 Å². The topological polar surface area (TPSA) is 78.4 Å². The van der Waals surface area contributed by atoms with Gasteiger partial charge in [0.2, 0.25) is 0 Å². The molecule has 26 heavy (non-hydrogen) atoms. The van der Waals surface area contributed by atoms with Gasteiger partial charge in [-0.25, -0.2) is 4.79 Å². The van der Waals surface area contributed by atoms with E-state index in [-0.39, 0.29) is 5.97 Å². The number of hydrogen-bond acceptors (Lipinski definition) is 7. The first kappa shape index (κ1) is 18.0. The molecule has 6 nitrogen and oxygen atoms in total. The third-order valence-corrected chi connectivity index (χ3v) is 4.60. The number of benzene rings is 2. The third-order valence-electron chi connectivity index (χ3n) is 4.04. The van der Waals surface area contributed by atoms with Gasteiger partial charge in [0, 0.05) is 0 Å². The van der Waals surface area contributed by atoms with Gasteiger partial charge in [0.05, 0.1) is 36.9 Å². The number of methoxy groups -OCH3 is 1. The SMILES string of the molecule is CCOC(=O)C(Cc1cccc(C(=O)OC)c1)c1ccc2nsnc2c1. The number of carbonyl (C=O) groups is 2. The van der Waals surface area contributed by atoms with Gasteiger partial charge in [0.25, 0.3) is 0 Å². The lowest BCUT2D eigenvalue weighted by atomic mass is 9.91. The molecule has 7 heteroatoms. The largest absolute Gasteiger partial charge is 0.466 e. The highest BCUT2D eigenvalue weighted by Gasteiger charge is 2.23. The van der Waals surface area contributed by atoms with Crippen molar-refractivity contribution in [1.29, 1.82) is 0 Å². The van der Waals surface area contributed by atoms with Crippen LogP contribution in [-0.4, -0.2) is 34.4 Å². The van der Waals surface area contributed by atoms with Crippen molar-refractivity contribution in [2.45, 2.75) is 19.3 Å². The van der Waals surface area contributed by atoms with Crippen LogP contribution in [0, 0.1) is 0 Å². The van der Waals surface area contributed by atoms with Crippen LogP contribution in [0.15, 0.2) is 42.5 Å². The Labute approximate surface area is 155 Å². The van der Waals surface area contributed by atoms with E-state index in [9.17, 15) is 9.59 Å². The first-order valence-electron chi connectivity index (χ1n) is 8.18. The van der Waals surface area contributed by atoms with Crippen molar-refractivity contribution in [3.05, 3.63) is 59.2 Å². The highest BCUT2D eigenvalue weighted by Crippen LogP contribution is 2.26. The maximum Gasteiger partial charge on any atom is 0.337 e. The molecule has 0 amide bonds. The Balaban J connectivity index is 1.94. The fraction of sp³-hybridized carbons (Fsp3) is 0.263. The summed E-state index contributed by atoms with van der Waals surface area (Å²) in [5, 5.41) is 0. The minimum absolute atomic E-state index is 0.304. The summed E-state index contributed by atoms with van der Waals surface area (Å²) in [6.07, 6.45) is 0.409. The first-order chi connectivity index (χ1) is 12.6. The molecule has 1 unspecified atom stereocenters. The number of esters is 2. The minimum atomic E-state index is -0.492. The Hall–Kier alpha value is -2.80. The summed E-state index contributed by atoms with van der Waals surface area (Å²) in [6, 6.07) is 12.7. The quantitative estimate of drug-likeness (QED) is 0.619. The zero-order chi connectivity index (χ0) is 18.5. The average Bonchev–Trinajstić information content (AvgIpc) is 3.13. The number of carbonyl (C=O) groups excluding carboxylic acids is 2. The van der Waals surface area contributed by atoms with Gasteiger partial charge in [0.15, 0.2) is 0 Å². The van der Waals surface area contributed by atoms with E-state index < -0.39 is 11.9 Å². The predicted molar refractivity (Wildman–Crippen MR) is 98.3 cm³/mol. The van der Waals surface area contributed by atoms with E-state index in [1.54, 1.807) is 25.1 Å². The van der Waals surface area contributed by atoms with Crippen LogP contribution in [0.4, 0.5) is 0 Å². The summed E-state index contributed by atoms with van der Waals surface area (Å²) < 4.78 is 18.4. The Morgan fingerprint density at radius 1 is 1.12 bits per heavy atom. The standard InChI is InChI=1S/C19H18N2O4S/c1-3-25-19(23)15(13-7-8-16-17(11-13)21-26-20-16)10-12-5-4-6-14(9-12)18(22)24-2/h4-9,11,15H,3,10H2,1-2H3. The Morgan fingerprint density at radius 3 is 2.69 bits per heavy atom. The summed E-state index contributed by atoms with van der Waals surface area (Å²) in [4.78, 5) is 24.3. The molecule has 0 spiro atoms. The molecule has 0 aliphatic heterocycles. The Kier molecular flexibility index (Phi) is 5.58. The monoisotopic (exact) mass is 370 g/mol. The van der Waals surface area contributed by atoms with Crippen LogP contribution in [-0.2, 0) is 20.7 Å². The fourth-order valence-electron chi connectivity index (χ4n) is 2.77. The number of ether oxygens (including phenoxy) is 2. The zero-order valence-corrected chi connectivity index (χ0v) is 15.3. The normalized spacial score (nSPS) is 11.9. The highest BCUT2D eigenvalue weighted by molar-refractivity contribution is 7.00. The molecule has 0 saturated heterocycles. The van der Waals surface area contributed by atoms with Gasteiger partial charge in [-0.1, -0.05) is 18.2 Å². The van der Waals surface area contributed by atoms with E-state index in [2.05, 4.69) is 8.75 Å². The van der Waals surface area contributed by atoms with Gasteiger partial charge in [-0.3, -0.25) is 4.79 Å². The number of aromatic nitrogens is 2. The van der Waals surface area contributed by atoms with Gasteiger partial charge in [-0.05, 0) is 48.7 Å². The molecule has 0 radical (unpaired) electrons. The van der Waals surface area contributed by atoms with Crippen molar-refractivity contribution in [3.8, 4) is 0 Å². The molecule has 1 atom stereocenters. The van der Waals surface area contributed by atoms with Crippen LogP contribution in [0.5, 0.6) is 0 Å². The zero-order valence-electron chi connectivity index (χ0n) is 14.5. The van der Waals surface area contributed by atoms with Crippen LogP contribution in [0.2, 0.25) is 0 Å². The van der Waals surface area contributed by atoms with Crippen molar-refractivity contribution in [2.24, 2.45) is 0 Å². The van der Waals surface area contributed by atoms with Crippen LogP contribution in [0.3, 0.4) is 0 Å². The maximum atomic E-state index is 12.6. The van der Waals surface area contributed by atoms with E-state index in [4.69, 9.17) is 9.47 Å². The molecule has 3 aromatic rings. The van der Waals surface area contributed by atoms with E-state index >= 15 is 0 Å². The summed E-state index contributed by atoms with van der Waals surface area (Å²) in [5.74, 6) is -1.21. The van der Waals surface area contributed by atoms with Gasteiger partial charge in [-0.15, -0.1) is 0 Å². The van der Waals surface area contributed by atoms with Crippen molar-refractivity contribution < 1.29 is 19.1 Å². The Bertz CT molecular complexity index is 938. The van der Waals surface area contributed by atoms with Gasteiger partial charge >= 0.3 is 11.9 Å². The third kappa shape index (κ3) is 3.88. The van der Waals surface area contributed by atoms with Gasteiger partial charge in [-0.2, -0.15) is 8.75 Å². The molecule has 0 aliphatic carbocycles. The molecular weight excluding hydrogens is 352 g/mol. The molecule has 0 saturated carbocycles. The van der Waals surface area contributed by atoms with Gasteiger partial charge < -0.3 is 9.47 Å². The first-order valence-corrected chi connectivity index (χ1v) is 8.91. The van der Waals surface area contributed by atoms with Gasteiger partial charge in [0.1, 0.15) is 11.0 Å². The maximum absolute atomic E-state index is 12.6. The summed E-state index contributed by atoms with van der Waals surface area (Å²) >= 11 is 1.14. The van der Waals surface area contributed by atoms with E-state index in [1.165, 1.54) is 7.11 Å². The summed E-state index contributed by atoms with van der Waals surface area (Å²) in [6.45, 7) is 2.08. The molecule has 0 bridgehead atoms. The fourth-order valence-corrected chi connectivity index (χ4v) is 3.29. The summed E-state index contributed by atoms with van der Waals surface area (Å²) in [7, 11) is 1.34. The van der Waals surface area contributed by atoms with E-state index in [0.717, 1.165) is 33.9 Å². The van der Waals surface area contributed by atoms with Crippen molar-refractivity contribution in [2.75, 3.05) is 13.7 Å². The van der Waals surface area contributed by atoms with Crippen LogP contribution in [0.1, 0.15) is 34.3 Å². The molecule has 1 heterocycles. The average molecular weight is 370 g/mol. The molecule has 134 valence electrons. The lowest BCUT2D eigenvalue weighted by Crippen LogP contribution is -2.18. The number of nitrogens with zero attached hydrogens (tertiary/aromatic N) is 2. The van der Waals surface area contributed by atoms with Crippen molar-refractivity contribution in [3.63, 3.8) is 0 Å². The molecule has 0 fully saturated rings. The van der Waals surface area contributed by atoms with Crippen molar-refractivity contribution >= 4 is 34.7 Å². The molecule has 3 rings (SSSR count). The second kappa shape index (κ2) is 8.05. The molecule has 0 aliphatic rings. The van der Waals surface area contributed by atoms with E-state index in [0.29, 0.717) is 18.6 Å². The molecule has 2 aromatic carbocycles. The lowest BCUT2D eigenvalue weighted by molar-refractivity contribution is -0.144. The second-order valence-corrected chi connectivity index (χ2v) is 6.24. The van der Waals surface area contributed by atoms with Crippen LogP contribution in [0.25, 0.3) is 11.0 Å². The number of hydrogen-bond donors (Lipinski definition) is 0. The highest BCUT2D eigenvalue weighted by atomic mass is 32.1. The Morgan fingerprint density at radius 2 is 1.92 bits per heavy atom. The van der Waals surface area contributed by atoms with Crippen LogP contribution < -0.4 is 0 Å². The molecule has 1 aromatic heterocycles. The molecule has 0 N–H and O–H groups in total. The lowest BCUT2D eigenvalue weighted by Gasteiger charge is -2.16. The van der Waals surface area contributed by atoms with Crippen molar-refractivity contribution in [1.82, 2.24) is 8.75 Å². The minimum Gasteiger partial charge on any atom is -0.466 e. The predicted octanol–water partition coefficient (Wildman–Crippen LogP) is 3.37. The number of rotatable bonds is 6. The second-order valence-electron chi connectivity index (χ2n) is 5.71. The summed E-state index contributed by atoms with van der Waals surface area (Å²) in [5.41, 5.74) is 3.67. The number of fused-ring (bicyclic) bond motifs is 1.